The van der Waals surface area contributed by atoms with Crippen LogP contribution in [0.4, 0.5) is 26.3 Å². The van der Waals surface area contributed by atoms with Gasteiger partial charge in [-0.1, -0.05) is 32.8 Å². The Morgan fingerprint density at radius 2 is 1.51 bits per heavy atom. The van der Waals surface area contributed by atoms with Crippen molar-refractivity contribution in [2.24, 2.45) is 0 Å². The summed E-state index contributed by atoms with van der Waals surface area (Å²) in [6.07, 6.45) is -6.40. The highest BCUT2D eigenvalue weighted by molar-refractivity contribution is 5.41. The van der Waals surface area contributed by atoms with Gasteiger partial charge in [0.2, 0.25) is 0 Å². The molecule has 4 nitrogen and oxygen atoms in total. The molecule has 1 aromatic carbocycles. The average molecular weight is 541 g/mol. The molecule has 2 atom stereocenters. The van der Waals surface area contributed by atoms with Crippen molar-refractivity contribution in [1.29, 1.82) is 0 Å². The standard InChI is InChI=1S/C27H38F6O4/c1-3-5-15-34-20-11-14-23(36-17-20)27(32,33)37-19-9-7-18(8-10-19)21-12-13-22(35-16-6-4-2)25(28)24(21)26(29,30)31/h12-13,18-20,23H,3-11,14-17H2,1-2H3. The lowest BCUT2D eigenvalue weighted by Gasteiger charge is -2.37. The van der Waals surface area contributed by atoms with E-state index in [0.29, 0.717) is 19.4 Å². The molecule has 0 aromatic heterocycles. The zero-order valence-electron chi connectivity index (χ0n) is 21.6. The molecule has 10 heteroatoms. The van der Waals surface area contributed by atoms with Crippen molar-refractivity contribution in [1.82, 2.24) is 0 Å². The maximum Gasteiger partial charge on any atom is 0.419 e. The van der Waals surface area contributed by atoms with Crippen molar-refractivity contribution in [3.63, 3.8) is 0 Å². The number of alkyl halides is 5. The number of ether oxygens (including phenoxy) is 4. The lowest BCUT2D eigenvalue weighted by Crippen LogP contribution is -2.46. The van der Waals surface area contributed by atoms with E-state index in [0.717, 1.165) is 19.3 Å². The molecule has 1 aromatic rings. The Morgan fingerprint density at radius 3 is 2.11 bits per heavy atom. The molecule has 1 aliphatic carbocycles. The van der Waals surface area contributed by atoms with Gasteiger partial charge in [0.05, 0.1) is 31.0 Å². The first-order valence-corrected chi connectivity index (χ1v) is 13.4. The van der Waals surface area contributed by atoms with Crippen molar-refractivity contribution in [2.45, 2.75) is 115 Å². The van der Waals surface area contributed by atoms with Gasteiger partial charge in [0, 0.05) is 6.61 Å². The van der Waals surface area contributed by atoms with Crippen molar-refractivity contribution in [3.05, 3.63) is 29.1 Å². The highest BCUT2D eigenvalue weighted by Gasteiger charge is 2.47. The number of hydrogen-bond acceptors (Lipinski definition) is 4. The third-order valence-corrected chi connectivity index (χ3v) is 7.08. The quantitative estimate of drug-likeness (QED) is 0.199. The summed E-state index contributed by atoms with van der Waals surface area (Å²) >= 11 is 0. The highest BCUT2D eigenvalue weighted by atomic mass is 19.4. The molecule has 3 rings (SSSR count). The predicted molar refractivity (Wildman–Crippen MR) is 126 cm³/mol. The largest absolute Gasteiger partial charge is 0.491 e. The maximum atomic E-state index is 14.8. The van der Waals surface area contributed by atoms with Gasteiger partial charge in [-0.2, -0.15) is 22.0 Å². The van der Waals surface area contributed by atoms with Crippen molar-refractivity contribution >= 4 is 0 Å². The third-order valence-electron chi connectivity index (χ3n) is 7.08. The lowest BCUT2D eigenvalue weighted by molar-refractivity contribution is -0.328. The molecule has 0 N–H and O–H groups in total. The molecular formula is C27H38F6O4. The summed E-state index contributed by atoms with van der Waals surface area (Å²) in [4.78, 5) is 0. The minimum absolute atomic E-state index is 0.0734. The van der Waals surface area contributed by atoms with Crippen LogP contribution in [0.1, 0.15) is 95.1 Å². The summed E-state index contributed by atoms with van der Waals surface area (Å²) in [7, 11) is 0. The van der Waals surface area contributed by atoms with E-state index in [9.17, 15) is 26.3 Å². The molecule has 1 saturated carbocycles. The number of rotatable bonds is 12. The predicted octanol–water partition coefficient (Wildman–Crippen LogP) is 8.02. The summed E-state index contributed by atoms with van der Waals surface area (Å²) < 4.78 is 107. The summed E-state index contributed by atoms with van der Waals surface area (Å²) in [5.41, 5.74) is -1.50. The smallest absolute Gasteiger partial charge is 0.419 e. The molecule has 2 fully saturated rings. The molecule has 1 aliphatic heterocycles. The summed E-state index contributed by atoms with van der Waals surface area (Å²) in [6, 6.07) is 2.48. The summed E-state index contributed by atoms with van der Waals surface area (Å²) in [5.74, 6) is -2.46. The topological polar surface area (TPSA) is 36.9 Å². The second-order valence-electron chi connectivity index (χ2n) is 9.94. The van der Waals surface area contributed by atoms with Gasteiger partial charge in [0.25, 0.3) is 0 Å². The van der Waals surface area contributed by atoms with Gasteiger partial charge in [0.15, 0.2) is 11.6 Å². The zero-order valence-corrected chi connectivity index (χ0v) is 21.6. The fourth-order valence-corrected chi connectivity index (χ4v) is 4.95. The van der Waals surface area contributed by atoms with Gasteiger partial charge in [-0.05, 0) is 68.9 Å². The van der Waals surface area contributed by atoms with Crippen LogP contribution in [0, 0.1) is 5.82 Å². The van der Waals surface area contributed by atoms with Crippen LogP contribution < -0.4 is 4.74 Å². The first-order valence-electron chi connectivity index (χ1n) is 13.4. The van der Waals surface area contributed by atoms with Crippen molar-refractivity contribution in [3.8, 4) is 5.75 Å². The van der Waals surface area contributed by atoms with Crippen LogP contribution in [0.3, 0.4) is 0 Å². The molecule has 0 amide bonds. The Balaban J connectivity index is 1.57. The average Bonchev–Trinajstić information content (AvgIpc) is 2.85. The fourth-order valence-electron chi connectivity index (χ4n) is 4.95. The van der Waals surface area contributed by atoms with Gasteiger partial charge in [-0.3, -0.25) is 0 Å². The van der Waals surface area contributed by atoms with E-state index in [1.54, 1.807) is 0 Å². The number of unbranched alkanes of at least 4 members (excludes halogenated alkanes) is 2. The van der Waals surface area contributed by atoms with E-state index in [1.165, 1.54) is 12.1 Å². The van der Waals surface area contributed by atoms with Crippen LogP contribution in [0.15, 0.2) is 12.1 Å². The molecule has 2 aliphatic rings. The van der Waals surface area contributed by atoms with Gasteiger partial charge in [0.1, 0.15) is 6.10 Å². The fraction of sp³-hybridized carbons (Fsp3) is 0.778. The van der Waals surface area contributed by atoms with Gasteiger partial charge in [-0.25, -0.2) is 4.39 Å². The van der Waals surface area contributed by atoms with Crippen molar-refractivity contribution in [2.75, 3.05) is 19.8 Å². The van der Waals surface area contributed by atoms with Crippen LogP contribution >= 0.6 is 0 Å². The molecule has 37 heavy (non-hydrogen) atoms. The summed E-state index contributed by atoms with van der Waals surface area (Å²) in [6.45, 7) is 4.69. The summed E-state index contributed by atoms with van der Waals surface area (Å²) in [5, 5.41) is 0. The molecule has 1 heterocycles. The van der Waals surface area contributed by atoms with E-state index in [2.05, 4.69) is 0 Å². The van der Waals surface area contributed by atoms with Crippen LogP contribution in [-0.2, 0) is 20.4 Å². The van der Waals surface area contributed by atoms with E-state index in [-0.39, 0.29) is 57.0 Å². The minimum Gasteiger partial charge on any atom is -0.491 e. The van der Waals surface area contributed by atoms with Gasteiger partial charge >= 0.3 is 12.3 Å². The second-order valence-corrected chi connectivity index (χ2v) is 9.94. The lowest BCUT2D eigenvalue weighted by atomic mass is 9.80. The van der Waals surface area contributed by atoms with E-state index < -0.39 is 47.5 Å². The normalized spacial score (nSPS) is 25.3. The highest BCUT2D eigenvalue weighted by Crippen LogP contribution is 2.45. The zero-order chi connectivity index (χ0) is 27.1. The van der Waals surface area contributed by atoms with Gasteiger partial charge < -0.3 is 18.9 Å². The van der Waals surface area contributed by atoms with E-state index in [4.69, 9.17) is 18.9 Å². The molecule has 0 radical (unpaired) electrons. The van der Waals surface area contributed by atoms with Crippen LogP contribution in [-0.4, -0.2) is 44.2 Å². The van der Waals surface area contributed by atoms with E-state index >= 15 is 0 Å². The Labute approximate surface area is 215 Å². The first kappa shape index (κ1) is 30.0. The Kier molecular flexibility index (Phi) is 11.0. The monoisotopic (exact) mass is 540 g/mol. The van der Waals surface area contributed by atoms with Crippen LogP contribution in [0.5, 0.6) is 5.75 Å². The number of halogens is 6. The molecular weight excluding hydrogens is 502 g/mol. The third kappa shape index (κ3) is 8.23. The van der Waals surface area contributed by atoms with Crippen LogP contribution in [0.25, 0.3) is 0 Å². The minimum atomic E-state index is -4.90. The Hall–Kier alpha value is -1.52. The molecule has 1 saturated heterocycles. The molecule has 0 spiro atoms. The number of benzene rings is 1. The number of hydrogen-bond donors (Lipinski definition) is 0. The molecule has 212 valence electrons. The van der Waals surface area contributed by atoms with E-state index in [1.807, 2.05) is 13.8 Å². The SMILES string of the molecule is CCCCOc1ccc(C2CCC(OC(F)(F)C3CCC(OCCCC)CO3)CC2)c(C(F)(F)F)c1F. The Bertz CT molecular complexity index is 831. The first-order chi connectivity index (χ1) is 17.6. The van der Waals surface area contributed by atoms with Gasteiger partial charge in [-0.15, -0.1) is 0 Å². The maximum absolute atomic E-state index is 14.8. The van der Waals surface area contributed by atoms with Crippen molar-refractivity contribution < 1.29 is 45.3 Å². The molecule has 2 unspecified atom stereocenters. The van der Waals surface area contributed by atoms with Crippen LogP contribution in [0.2, 0.25) is 0 Å². The second kappa shape index (κ2) is 13.5. The Morgan fingerprint density at radius 1 is 0.865 bits per heavy atom. The molecule has 0 bridgehead atoms.